The summed E-state index contributed by atoms with van der Waals surface area (Å²) in [5.41, 5.74) is 3.18. The Morgan fingerprint density at radius 1 is 0.893 bits per heavy atom. The molecule has 3 atom stereocenters. The Kier molecular flexibility index (Phi) is 12.9. The van der Waals surface area contributed by atoms with E-state index in [9.17, 15) is 23.6 Å². The van der Waals surface area contributed by atoms with Crippen molar-refractivity contribution < 1.29 is 42.0 Å². The minimum Gasteiger partial charge on any atom is -0.619 e. The minimum atomic E-state index is -3.07. The van der Waals surface area contributed by atoms with Gasteiger partial charge in [0.1, 0.15) is 28.3 Å². The van der Waals surface area contributed by atoms with Crippen LogP contribution in [-0.4, -0.2) is 55.8 Å². The molecule has 4 aromatic rings. The van der Waals surface area contributed by atoms with E-state index in [0.717, 1.165) is 68.8 Å². The van der Waals surface area contributed by atoms with Crippen LogP contribution in [0.1, 0.15) is 65.6 Å². The van der Waals surface area contributed by atoms with Crippen molar-refractivity contribution in [2.75, 3.05) is 26.2 Å². The Labute approximate surface area is 334 Å². The number of halogens is 4. The van der Waals surface area contributed by atoms with E-state index in [4.69, 9.17) is 42.1 Å². The van der Waals surface area contributed by atoms with E-state index in [2.05, 4.69) is 10.2 Å². The number of rotatable bonds is 17. The van der Waals surface area contributed by atoms with Gasteiger partial charge in [-0.3, -0.25) is 15.0 Å². The first-order valence-electron chi connectivity index (χ1n) is 18.8. The number of benzene rings is 3. The molecule has 3 aliphatic heterocycles. The van der Waals surface area contributed by atoms with Gasteiger partial charge in [-0.05, 0) is 85.0 Å². The summed E-state index contributed by atoms with van der Waals surface area (Å²) in [6, 6.07) is 20.6. The molecule has 14 heteroatoms. The quantitative estimate of drug-likeness (QED) is 0.0657. The minimum absolute atomic E-state index is 0.0172. The van der Waals surface area contributed by atoms with Crippen LogP contribution in [0.25, 0.3) is 0 Å². The number of alkyl halides is 2. The average Bonchev–Trinajstić information content (AvgIpc) is 4.02. The maximum Gasteiger partial charge on any atom is 0.387 e. The van der Waals surface area contributed by atoms with Crippen molar-refractivity contribution in [1.82, 2.24) is 10.2 Å². The molecular weight excluding hydrogens is 767 g/mol. The zero-order chi connectivity index (χ0) is 39.2. The van der Waals surface area contributed by atoms with E-state index in [1.807, 2.05) is 54.6 Å². The predicted octanol–water partition coefficient (Wildman–Crippen LogP) is 7.56. The van der Waals surface area contributed by atoms with Gasteiger partial charge >= 0.3 is 18.6 Å². The maximum atomic E-state index is 13.6. The van der Waals surface area contributed by atoms with Crippen LogP contribution in [0.2, 0.25) is 10.0 Å². The van der Waals surface area contributed by atoms with Crippen LogP contribution in [-0.2, 0) is 38.4 Å². The van der Waals surface area contributed by atoms with E-state index in [-0.39, 0.29) is 46.5 Å². The lowest BCUT2D eigenvalue weighted by Gasteiger charge is -2.44. The Bertz CT molecular complexity index is 1960. The largest absolute Gasteiger partial charge is 0.619 e. The first-order valence-corrected chi connectivity index (χ1v) is 19.6. The molecule has 4 aliphatic rings. The third-order valence-electron chi connectivity index (χ3n) is 10.6. The molecule has 0 spiro atoms. The van der Waals surface area contributed by atoms with Crippen LogP contribution in [0, 0.1) is 17.0 Å². The van der Waals surface area contributed by atoms with Gasteiger partial charge in [-0.1, -0.05) is 83.9 Å². The number of esters is 2. The number of nitrogens with one attached hydrogen (secondary N) is 1. The van der Waals surface area contributed by atoms with Crippen molar-refractivity contribution in [3.8, 4) is 11.5 Å². The highest BCUT2D eigenvalue weighted by Crippen LogP contribution is 2.38. The molecule has 0 amide bonds. The van der Waals surface area contributed by atoms with Gasteiger partial charge in [-0.2, -0.15) is 13.5 Å². The number of piperidine rings is 3. The molecule has 1 aliphatic carbocycles. The van der Waals surface area contributed by atoms with Crippen LogP contribution in [0.5, 0.6) is 11.5 Å². The SMILES string of the molecule is O=C(Cc1ccc(CNC(C(=O)O[C@H]2CN3CCC2CC3)c2ccccc2)cc1)OC(Cc1c(Cl)c[n+]([O-])cc1Cl)c1ccc(OC(F)F)c(OCC2CC2)c1. The number of fused-ring (bicyclic) bond motifs is 3. The molecule has 2 unspecified atom stereocenters. The van der Waals surface area contributed by atoms with E-state index in [1.165, 1.54) is 18.2 Å². The van der Waals surface area contributed by atoms with Gasteiger partial charge in [0, 0.05) is 25.1 Å². The van der Waals surface area contributed by atoms with Crippen molar-refractivity contribution in [1.29, 1.82) is 0 Å². The summed E-state index contributed by atoms with van der Waals surface area (Å²) in [6.07, 6.45) is 5.15. The molecule has 2 bridgehead atoms. The van der Waals surface area contributed by atoms with E-state index in [1.54, 1.807) is 0 Å². The number of hydrogen-bond donors (Lipinski definition) is 1. The zero-order valence-corrected chi connectivity index (χ0v) is 32.1. The molecule has 296 valence electrons. The third kappa shape index (κ3) is 10.5. The molecule has 0 radical (unpaired) electrons. The number of pyridine rings is 1. The van der Waals surface area contributed by atoms with Crippen LogP contribution in [0.4, 0.5) is 8.78 Å². The second-order valence-electron chi connectivity index (χ2n) is 14.6. The van der Waals surface area contributed by atoms with Crippen molar-refractivity contribution in [2.24, 2.45) is 11.8 Å². The molecule has 1 saturated carbocycles. The van der Waals surface area contributed by atoms with Gasteiger partial charge in [0.25, 0.3) is 0 Å². The molecule has 4 fully saturated rings. The fraction of sp³-hybridized carbons (Fsp3) is 0.405. The molecule has 8 rings (SSSR count). The lowest BCUT2D eigenvalue weighted by atomic mass is 9.86. The molecule has 4 heterocycles. The number of carbonyl (C=O) groups is 2. The fourth-order valence-electron chi connectivity index (χ4n) is 7.27. The van der Waals surface area contributed by atoms with Crippen molar-refractivity contribution in [3.05, 3.63) is 128 Å². The number of aromatic nitrogens is 1. The zero-order valence-electron chi connectivity index (χ0n) is 30.6. The molecule has 56 heavy (non-hydrogen) atoms. The monoisotopic (exact) mass is 809 g/mol. The summed E-state index contributed by atoms with van der Waals surface area (Å²) in [5.74, 6) is -0.205. The van der Waals surface area contributed by atoms with Crippen molar-refractivity contribution in [3.63, 3.8) is 0 Å². The lowest BCUT2D eigenvalue weighted by molar-refractivity contribution is -0.605. The topological polar surface area (TPSA) is 113 Å². The van der Waals surface area contributed by atoms with Gasteiger partial charge < -0.3 is 24.2 Å². The van der Waals surface area contributed by atoms with Gasteiger partial charge in [-0.15, -0.1) is 0 Å². The number of ether oxygens (including phenoxy) is 4. The molecule has 1 aromatic heterocycles. The van der Waals surface area contributed by atoms with Gasteiger partial charge in [-0.25, -0.2) is 4.79 Å². The van der Waals surface area contributed by atoms with Gasteiger partial charge in [0.15, 0.2) is 23.9 Å². The Morgan fingerprint density at radius 3 is 2.23 bits per heavy atom. The Balaban J connectivity index is 1.03. The summed E-state index contributed by atoms with van der Waals surface area (Å²) < 4.78 is 49.6. The molecule has 3 aromatic carbocycles. The second kappa shape index (κ2) is 18.2. The van der Waals surface area contributed by atoms with Crippen LogP contribution >= 0.6 is 23.2 Å². The van der Waals surface area contributed by atoms with E-state index < -0.39 is 24.7 Å². The molecule has 10 nitrogen and oxygen atoms in total. The standard InChI is InChI=1S/C42H43Cl2F2N3O7/c43-33-22-49(52)23-34(44)32(33)20-36(31-12-13-35(56-42(45)46)37(19-31)53-25-28-10-11-28)54-39(50)18-26-6-8-27(9-7-26)21-47-40(30-4-2-1-3-5-30)41(51)55-38-24-48-16-14-29(38)15-17-48/h1-9,12-13,19,22-23,28-29,36,38,40,42,47H,10-11,14-18,20-21,24-25H2/t36?,38-,40?/m0/s1. The molecule has 1 N–H and O–H groups in total. The number of hydrogen-bond acceptors (Lipinski definition) is 9. The third-order valence-corrected chi connectivity index (χ3v) is 11.2. The van der Waals surface area contributed by atoms with Crippen LogP contribution < -0.4 is 19.5 Å². The maximum absolute atomic E-state index is 13.6. The lowest BCUT2D eigenvalue weighted by Crippen LogP contribution is -2.52. The van der Waals surface area contributed by atoms with Gasteiger partial charge in [0.05, 0.1) is 13.0 Å². The summed E-state index contributed by atoms with van der Waals surface area (Å²) in [6.45, 7) is 0.522. The molecule has 3 saturated heterocycles. The normalized spacial score (nSPS) is 20.0. The fourth-order valence-corrected chi connectivity index (χ4v) is 7.87. The molecular formula is C42H43Cl2F2N3O7. The first kappa shape index (κ1) is 39.7. The highest BCUT2D eigenvalue weighted by molar-refractivity contribution is 6.35. The smallest absolute Gasteiger partial charge is 0.387 e. The van der Waals surface area contributed by atoms with Crippen LogP contribution in [0.15, 0.2) is 85.2 Å². The highest BCUT2D eigenvalue weighted by atomic mass is 35.5. The summed E-state index contributed by atoms with van der Waals surface area (Å²) in [4.78, 5) is 29.4. The summed E-state index contributed by atoms with van der Waals surface area (Å²) in [5, 5.41) is 15.5. The van der Waals surface area contributed by atoms with Gasteiger partial charge in [0.2, 0.25) is 0 Å². The average molecular weight is 811 g/mol. The van der Waals surface area contributed by atoms with Crippen molar-refractivity contribution >= 4 is 35.1 Å². The Morgan fingerprint density at radius 2 is 1.59 bits per heavy atom. The second-order valence-corrected chi connectivity index (χ2v) is 15.5. The Hall–Kier alpha value is -4.49. The number of nitrogens with zero attached hydrogens (tertiary/aromatic N) is 2. The summed E-state index contributed by atoms with van der Waals surface area (Å²) >= 11 is 12.8. The van der Waals surface area contributed by atoms with Crippen molar-refractivity contribution in [2.45, 2.75) is 69.9 Å². The predicted molar refractivity (Wildman–Crippen MR) is 204 cm³/mol. The van der Waals surface area contributed by atoms with E-state index in [0.29, 0.717) is 46.4 Å². The van der Waals surface area contributed by atoms with E-state index >= 15 is 0 Å². The highest BCUT2D eigenvalue weighted by Gasteiger charge is 2.38. The number of carbonyl (C=O) groups excluding carboxylic acids is 2. The first-order chi connectivity index (χ1) is 27.1. The van der Waals surface area contributed by atoms with Crippen LogP contribution in [0.3, 0.4) is 0 Å². The summed E-state index contributed by atoms with van der Waals surface area (Å²) in [7, 11) is 0.